The van der Waals surface area contributed by atoms with Gasteiger partial charge in [-0.3, -0.25) is 19.5 Å². The van der Waals surface area contributed by atoms with Crippen LogP contribution in [0.5, 0.6) is 0 Å². The molecule has 0 aromatic carbocycles. The molecule has 1 aliphatic rings. The summed E-state index contributed by atoms with van der Waals surface area (Å²) in [6, 6.07) is 2.69. The van der Waals surface area contributed by atoms with E-state index in [1.807, 2.05) is 19.3 Å². The average Bonchev–Trinajstić information content (AvgIpc) is 2.81. The minimum absolute atomic E-state index is 0.537. The molecule has 5 heteroatoms. The van der Waals surface area contributed by atoms with Gasteiger partial charge in [0, 0.05) is 30.7 Å². The fraction of sp³-hybridized carbons (Fsp3) is 0.588. The van der Waals surface area contributed by atoms with Crippen LogP contribution in [0.1, 0.15) is 42.0 Å². The number of piperidine rings is 1. The van der Waals surface area contributed by atoms with Crippen molar-refractivity contribution in [3.63, 3.8) is 0 Å². The van der Waals surface area contributed by atoms with Crippen LogP contribution in [0.4, 0.5) is 0 Å². The molecule has 0 saturated carbocycles. The van der Waals surface area contributed by atoms with Gasteiger partial charge in [-0.1, -0.05) is 6.42 Å². The molecule has 2 aromatic heterocycles. The fourth-order valence-corrected chi connectivity index (χ4v) is 3.24. The third kappa shape index (κ3) is 3.53. The minimum Gasteiger partial charge on any atom is -0.293 e. The third-order valence-corrected chi connectivity index (χ3v) is 4.44. The first-order chi connectivity index (χ1) is 10.6. The van der Waals surface area contributed by atoms with Crippen LogP contribution in [-0.2, 0) is 13.1 Å². The van der Waals surface area contributed by atoms with Crippen LogP contribution in [0.2, 0.25) is 0 Å². The van der Waals surface area contributed by atoms with Gasteiger partial charge in [0.05, 0.1) is 23.6 Å². The lowest BCUT2D eigenvalue weighted by atomic mass is 10.0. The fourth-order valence-electron chi connectivity index (χ4n) is 3.24. The molecule has 5 nitrogen and oxygen atoms in total. The summed E-state index contributed by atoms with van der Waals surface area (Å²) in [5.41, 5.74) is 4.38. The molecule has 0 amide bonds. The second-order valence-corrected chi connectivity index (χ2v) is 6.38. The molecule has 2 aromatic rings. The highest BCUT2D eigenvalue weighted by molar-refractivity contribution is 5.07. The van der Waals surface area contributed by atoms with E-state index < -0.39 is 0 Å². The smallest absolute Gasteiger partial charge is 0.0727 e. The van der Waals surface area contributed by atoms with E-state index in [1.165, 1.54) is 25.0 Å². The Morgan fingerprint density at radius 1 is 1.09 bits per heavy atom. The van der Waals surface area contributed by atoms with Crippen molar-refractivity contribution in [1.82, 2.24) is 24.6 Å². The topological polar surface area (TPSA) is 46.8 Å². The van der Waals surface area contributed by atoms with Gasteiger partial charge in [0.2, 0.25) is 0 Å². The Morgan fingerprint density at radius 2 is 1.95 bits per heavy atom. The van der Waals surface area contributed by atoms with Crippen LogP contribution in [-0.4, -0.2) is 37.2 Å². The summed E-state index contributed by atoms with van der Waals surface area (Å²) in [5, 5.41) is 4.62. The first-order valence-corrected chi connectivity index (χ1v) is 8.14. The number of hydrogen-bond acceptors (Lipinski definition) is 4. The maximum absolute atomic E-state index is 4.62. The summed E-state index contributed by atoms with van der Waals surface area (Å²) in [6.45, 7) is 9.17. The zero-order chi connectivity index (χ0) is 15.5. The van der Waals surface area contributed by atoms with E-state index in [9.17, 15) is 0 Å². The number of aromatic nitrogens is 4. The maximum atomic E-state index is 4.62. The van der Waals surface area contributed by atoms with Gasteiger partial charge in [-0.15, -0.1) is 0 Å². The van der Waals surface area contributed by atoms with E-state index in [1.54, 1.807) is 0 Å². The molecule has 3 heterocycles. The summed E-state index contributed by atoms with van der Waals surface area (Å²) < 4.78 is 2.15. The van der Waals surface area contributed by atoms with Gasteiger partial charge in [0.25, 0.3) is 0 Å². The van der Waals surface area contributed by atoms with Gasteiger partial charge in [-0.2, -0.15) is 5.10 Å². The van der Waals surface area contributed by atoms with Crippen LogP contribution in [0.15, 0.2) is 18.5 Å². The van der Waals surface area contributed by atoms with E-state index in [2.05, 4.69) is 44.6 Å². The average molecular weight is 299 g/mol. The molecule has 1 saturated heterocycles. The molecule has 0 spiro atoms. The lowest BCUT2D eigenvalue weighted by molar-refractivity contribution is 0.119. The van der Waals surface area contributed by atoms with Crippen LogP contribution >= 0.6 is 0 Å². The van der Waals surface area contributed by atoms with Crippen molar-refractivity contribution >= 4 is 0 Å². The molecule has 1 aliphatic heterocycles. The quantitative estimate of drug-likeness (QED) is 0.871. The highest BCUT2D eigenvalue weighted by atomic mass is 15.3. The molecule has 0 aliphatic carbocycles. The zero-order valence-corrected chi connectivity index (χ0v) is 13.8. The summed E-state index contributed by atoms with van der Waals surface area (Å²) in [7, 11) is 0. The maximum Gasteiger partial charge on any atom is 0.0727 e. The molecular weight excluding hydrogens is 274 g/mol. The number of aryl methyl sites for hydroxylation is 3. The SMILES string of the molecule is Cc1cnc(CN2CCCCC2Cn2nc(C)cc2C)cn1. The standard InChI is InChI=1S/C17H25N5/c1-13-8-15(3)22(20-13)12-17-6-4-5-7-21(17)11-16-10-18-14(2)9-19-16/h8-10,17H,4-7,11-12H2,1-3H3. The van der Waals surface area contributed by atoms with Crippen LogP contribution < -0.4 is 0 Å². The molecule has 1 atom stereocenters. The monoisotopic (exact) mass is 299 g/mol. The normalized spacial score (nSPS) is 19.5. The molecule has 1 unspecified atom stereocenters. The number of likely N-dealkylation sites (tertiary alicyclic amines) is 1. The summed E-state index contributed by atoms with van der Waals surface area (Å²) >= 11 is 0. The van der Waals surface area contributed by atoms with Crippen LogP contribution in [0, 0.1) is 20.8 Å². The van der Waals surface area contributed by atoms with E-state index in [0.717, 1.165) is 36.7 Å². The first-order valence-electron chi connectivity index (χ1n) is 8.14. The van der Waals surface area contributed by atoms with E-state index in [-0.39, 0.29) is 0 Å². The van der Waals surface area contributed by atoms with Crippen LogP contribution in [0.25, 0.3) is 0 Å². The van der Waals surface area contributed by atoms with Gasteiger partial charge in [0.1, 0.15) is 0 Å². The number of rotatable bonds is 4. The molecule has 0 bridgehead atoms. The van der Waals surface area contributed by atoms with Gasteiger partial charge in [0.15, 0.2) is 0 Å². The number of nitrogens with zero attached hydrogens (tertiary/aromatic N) is 5. The summed E-state index contributed by atoms with van der Waals surface area (Å²) in [4.78, 5) is 11.4. The highest BCUT2D eigenvalue weighted by Gasteiger charge is 2.24. The third-order valence-electron chi connectivity index (χ3n) is 4.44. The molecular formula is C17H25N5. The van der Waals surface area contributed by atoms with Gasteiger partial charge in [-0.05, 0) is 46.2 Å². The molecule has 3 rings (SSSR count). The van der Waals surface area contributed by atoms with Crippen molar-refractivity contribution in [2.24, 2.45) is 0 Å². The van der Waals surface area contributed by atoms with Crippen molar-refractivity contribution in [2.75, 3.05) is 6.54 Å². The Labute approximate surface area is 132 Å². The van der Waals surface area contributed by atoms with Crippen LogP contribution in [0.3, 0.4) is 0 Å². The summed E-state index contributed by atoms with van der Waals surface area (Å²) in [6.07, 6.45) is 7.57. The van der Waals surface area contributed by atoms with E-state index in [0.29, 0.717) is 6.04 Å². The Morgan fingerprint density at radius 3 is 2.64 bits per heavy atom. The van der Waals surface area contributed by atoms with Gasteiger partial charge < -0.3 is 0 Å². The molecule has 22 heavy (non-hydrogen) atoms. The second-order valence-electron chi connectivity index (χ2n) is 6.38. The van der Waals surface area contributed by atoms with E-state index >= 15 is 0 Å². The Balaban J connectivity index is 1.70. The highest BCUT2D eigenvalue weighted by Crippen LogP contribution is 2.21. The van der Waals surface area contributed by atoms with Crippen molar-refractivity contribution in [2.45, 2.75) is 59.2 Å². The van der Waals surface area contributed by atoms with Crippen molar-refractivity contribution in [1.29, 1.82) is 0 Å². The zero-order valence-electron chi connectivity index (χ0n) is 13.8. The van der Waals surface area contributed by atoms with Gasteiger partial charge >= 0.3 is 0 Å². The molecule has 118 valence electrons. The Bertz CT molecular complexity index is 616. The molecule has 0 N–H and O–H groups in total. The lowest BCUT2D eigenvalue weighted by Crippen LogP contribution is -2.42. The van der Waals surface area contributed by atoms with Gasteiger partial charge in [-0.25, -0.2) is 0 Å². The van der Waals surface area contributed by atoms with Crippen molar-refractivity contribution in [3.05, 3.63) is 41.2 Å². The summed E-state index contributed by atoms with van der Waals surface area (Å²) in [5.74, 6) is 0. The largest absolute Gasteiger partial charge is 0.293 e. The molecule has 0 radical (unpaired) electrons. The predicted octanol–water partition coefficient (Wildman–Crippen LogP) is 2.65. The molecule has 1 fully saturated rings. The first kappa shape index (κ1) is 15.2. The minimum atomic E-state index is 0.537. The van der Waals surface area contributed by atoms with E-state index in [4.69, 9.17) is 0 Å². The Kier molecular flexibility index (Phi) is 4.52. The lowest BCUT2D eigenvalue weighted by Gasteiger charge is -2.35. The predicted molar refractivity (Wildman–Crippen MR) is 86.5 cm³/mol. The van der Waals surface area contributed by atoms with Crippen molar-refractivity contribution < 1.29 is 0 Å². The second kappa shape index (κ2) is 6.57. The number of hydrogen-bond donors (Lipinski definition) is 0. The van der Waals surface area contributed by atoms with Crippen molar-refractivity contribution in [3.8, 4) is 0 Å². The Hall–Kier alpha value is -1.75.